The lowest BCUT2D eigenvalue weighted by Crippen LogP contribution is -2.31. The number of hydrogen-bond acceptors (Lipinski definition) is 5. The lowest BCUT2D eigenvalue weighted by molar-refractivity contribution is 0.0766. The molecule has 0 aliphatic heterocycles. The Kier molecular flexibility index (Phi) is 5.20. The molecule has 0 radical (unpaired) electrons. The van der Waals surface area contributed by atoms with Crippen molar-refractivity contribution in [3.8, 4) is 0 Å². The molecule has 0 spiro atoms. The minimum atomic E-state index is -0.0914. The molecule has 6 nitrogen and oxygen atoms in total. The Hall–Kier alpha value is -2.50. The number of carbonyl (C=O) groups is 1. The maximum Gasteiger partial charge on any atom is 0.274 e. The molecule has 2 rings (SSSR count). The molecule has 0 unspecified atom stereocenters. The van der Waals surface area contributed by atoms with E-state index in [1.165, 1.54) is 0 Å². The summed E-state index contributed by atoms with van der Waals surface area (Å²) in [6.07, 6.45) is 3.52. The van der Waals surface area contributed by atoms with Crippen LogP contribution in [0.3, 0.4) is 0 Å². The zero-order chi connectivity index (χ0) is 15.1. The Balaban J connectivity index is 1.97. The zero-order valence-electron chi connectivity index (χ0n) is 12.3. The van der Waals surface area contributed by atoms with Crippen LogP contribution in [0.4, 0.5) is 5.82 Å². The highest BCUT2D eigenvalue weighted by Gasteiger charge is 2.14. The average Bonchev–Trinajstić information content (AvgIpc) is 2.55. The van der Waals surface area contributed by atoms with Crippen molar-refractivity contribution in [2.45, 2.75) is 20.4 Å². The second-order valence-corrected chi connectivity index (χ2v) is 4.50. The average molecular weight is 285 g/mol. The zero-order valence-corrected chi connectivity index (χ0v) is 12.3. The lowest BCUT2D eigenvalue weighted by atomic mass is 10.3. The maximum atomic E-state index is 12.1. The molecule has 1 N–H and O–H groups in total. The summed E-state index contributed by atoms with van der Waals surface area (Å²) in [6.45, 7) is 5.83. The van der Waals surface area contributed by atoms with Crippen LogP contribution < -0.4 is 5.32 Å². The monoisotopic (exact) mass is 285 g/mol. The summed E-state index contributed by atoms with van der Waals surface area (Å²) in [5.41, 5.74) is 1.42. The molecule has 2 heterocycles. The molecule has 0 fully saturated rings. The number of hydrogen-bond donors (Lipinski definition) is 1. The first-order valence-corrected chi connectivity index (χ1v) is 7.00. The van der Waals surface area contributed by atoms with Gasteiger partial charge in [0.1, 0.15) is 5.82 Å². The van der Waals surface area contributed by atoms with E-state index in [1.54, 1.807) is 29.4 Å². The summed E-state index contributed by atoms with van der Waals surface area (Å²) in [4.78, 5) is 17.9. The van der Waals surface area contributed by atoms with Crippen molar-refractivity contribution in [2.24, 2.45) is 0 Å². The first kappa shape index (κ1) is 14.9. The van der Waals surface area contributed by atoms with Gasteiger partial charge in [-0.2, -0.15) is 0 Å². The molecule has 0 saturated heterocycles. The highest BCUT2D eigenvalue weighted by Crippen LogP contribution is 2.07. The highest BCUT2D eigenvalue weighted by atomic mass is 16.2. The molecule has 0 atom stereocenters. The van der Waals surface area contributed by atoms with E-state index in [0.717, 1.165) is 5.56 Å². The molecule has 0 aliphatic rings. The van der Waals surface area contributed by atoms with Crippen molar-refractivity contribution in [3.63, 3.8) is 0 Å². The largest absolute Gasteiger partial charge is 0.364 e. The molecule has 110 valence electrons. The van der Waals surface area contributed by atoms with Crippen LogP contribution in [0.25, 0.3) is 0 Å². The molecule has 0 bridgehead atoms. The van der Waals surface area contributed by atoms with Gasteiger partial charge >= 0.3 is 0 Å². The Labute approximate surface area is 124 Å². The van der Waals surface area contributed by atoms with Crippen molar-refractivity contribution in [1.82, 2.24) is 20.1 Å². The second-order valence-electron chi connectivity index (χ2n) is 4.50. The summed E-state index contributed by atoms with van der Waals surface area (Å²) in [5, 5.41) is 11.2. The molecule has 6 heteroatoms. The highest BCUT2D eigenvalue weighted by molar-refractivity contribution is 5.92. The number of amides is 1. The summed E-state index contributed by atoms with van der Waals surface area (Å²) >= 11 is 0. The molecule has 21 heavy (non-hydrogen) atoms. The van der Waals surface area contributed by atoms with Gasteiger partial charge in [0.2, 0.25) is 0 Å². The van der Waals surface area contributed by atoms with Gasteiger partial charge in [-0.15, -0.1) is 10.2 Å². The van der Waals surface area contributed by atoms with Crippen LogP contribution in [0.1, 0.15) is 29.9 Å². The van der Waals surface area contributed by atoms with Gasteiger partial charge in [0.05, 0.1) is 0 Å². The topological polar surface area (TPSA) is 71.0 Å². The third-order valence-electron chi connectivity index (χ3n) is 3.13. The van der Waals surface area contributed by atoms with Gasteiger partial charge < -0.3 is 10.2 Å². The van der Waals surface area contributed by atoms with Crippen LogP contribution in [0, 0.1) is 0 Å². The van der Waals surface area contributed by atoms with Gasteiger partial charge in [-0.3, -0.25) is 9.78 Å². The van der Waals surface area contributed by atoms with E-state index in [4.69, 9.17) is 0 Å². The number of rotatable bonds is 6. The third kappa shape index (κ3) is 3.98. The SMILES string of the molecule is CCN(CC)C(=O)c1ccc(NCc2cccnc2)nn1. The number of pyridine rings is 1. The molecule has 2 aromatic heterocycles. The van der Waals surface area contributed by atoms with Gasteiger partial charge in [-0.1, -0.05) is 6.07 Å². The lowest BCUT2D eigenvalue weighted by Gasteiger charge is -2.17. The van der Waals surface area contributed by atoms with Crippen LogP contribution >= 0.6 is 0 Å². The minimum absolute atomic E-state index is 0.0914. The standard InChI is InChI=1S/C15H19N5O/c1-3-20(4-2)15(21)13-7-8-14(19-18-13)17-11-12-6-5-9-16-10-12/h5-10H,3-4,11H2,1-2H3,(H,17,19). The second kappa shape index (κ2) is 7.33. The Morgan fingerprint density at radius 1 is 1.19 bits per heavy atom. The van der Waals surface area contributed by atoms with Crippen LogP contribution in [-0.2, 0) is 6.54 Å². The summed E-state index contributed by atoms with van der Waals surface area (Å²) < 4.78 is 0. The van der Waals surface area contributed by atoms with E-state index in [1.807, 2.05) is 26.0 Å². The number of anilines is 1. The van der Waals surface area contributed by atoms with Crippen LogP contribution in [0.15, 0.2) is 36.7 Å². The number of carbonyl (C=O) groups excluding carboxylic acids is 1. The van der Waals surface area contributed by atoms with E-state index in [9.17, 15) is 4.79 Å². The molecule has 2 aromatic rings. The fraction of sp³-hybridized carbons (Fsp3) is 0.333. The van der Waals surface area contributed by atoms with E-state index in [0.29, 0.717) is 31.1 Å². The summed E-state index contributed by atoms with van der Waals surface area (Å²) in [6, 6.07) is 7.32. The number of nitrogens with zero attached hydrogens (tertiary/aromatic N) is 4. The van der Waals surface area contributed by atoms with Crippen LogP contribution in [0.5, 0.6) is 0 Å². The van der Waals surface area contributed by atoms with E-state index >= 15 is 0 Å². The normalized spacial score (nSPS) is 10.2. The molecule has 1 amide bonds. The first-order chi connectivity index (χ1) is 10.2. The van der Waals surface area contributed by atoms with E-state index in [2.05, 4.69) is 20.5 Å². The first-order valence-electron chi connectivity index (χ1n) is 7.00. The molecule has 0 aliphatic carbocycles. The van der Waals surface area contributed by atoms with Crippen LogP contribution in [0.2, 0.25) is 0 Å². The molecular formula is C15H19N5O. The van der Waals surface area contributed by atoms with Gasteiger partial charge in [-0.25, -0.2) is 0 Å². The summed E-state index contributed by atoms with van der Waals surface area (Å²) in [7, 11) is 0. The Bertz CT molecular complexity index is 566. The fourth-order valence-corrected chi connectivity index (χ4v) is 1.91. The maximum absolute atomic E-state index is 12.1. The smallest absolute Gasteiger partial charge is 0.274 e. The van der Waals surface area contributed by atoms with Crippen LogP contribution in [-0.4, -0.2) is 39.1 Å². The predicted molar refractivity (Wildman–Crippen MR) is 80.8 cm³/mol. The quantitative estimate of drug-likeness (QED) is 0.878. The van der Waals surface area contributed by atoms with Crippen molar-refractivity contribution in [1.29, 1.82) is 0 Å². The Morgan fingerprint density at radius 3 is 2.57 bits per heavy atom. The van der Waals surface area contributed by atoms with Gasteiger partial charge in [0.25, 0.3) is 5.91 Å². The van der Waals surface area contributed by atoms with Crippen molar-refractivity contribution >= 4 is 11.7 Å². The fourth-order valence-electron chi connectivity index (χ4n) is 1.91. The molecule has 0 saturated carbocycles. The number of aromatic nitrogens is 3. The van der Waals surface area contributed by atoms with Crippen molar-refractivity contribution in [3.05, 3.63) is 47.9 Å². The van der Waals surface area contributed by atoms with Gasteiger partial charge in [0.15, 0.2) is 5.69 Å². The van der Waals surface area contributed by atoms with Crippen molar-refractivity contribution < 1.29 is 4.79 Å². The predicted octanol–water partition coefficient (Wildman–Crippen LogP) is 1.97. The third-order valence-corrected chi connectivity index (χ3v) is 3.13. The van der Waals surface area contributed by atoms with Gasteiger partial charge in [-0.05, 0) is 37.6 Å². The Morgan fingerprint density at radius 2 is 2.00 bits per heavy atom. The van der Waals surface area contributed by atoms with Gasteiger partial charge in [0, 0.05) is 32.0 Å². The van der Waals surface area contributed by atoms with Crippen molar-refractivity contribution in [2.75, 3.05) is 18.4 Å². The minimum Gasteiger partial charge on any atom is -0.364 e. The number of nitrogens with one attached hydrogen (secondary N) is 1. The van der Waals surface area contributed by atoms with E-state index in [-0.39, 0.29) is 5.91 Å². The molecule has 0 aromatic carbocycles. The summed E-state index contributed by atoms with van der Waals surface area (Å²) in [5.74, 6) is 0.543. The van der Waals surface area contributed by atoms with E-state index < -0.39 is 0 Å². The molecular weight excluding hydrogens is 266 g/mol.